The molecule has 0 radical (unpaired) electrons. The van der Waals surface area contributed by atoms with Crippen molar-refractivity contribution in [1.29, 1.82) is 0 Å². The van der Waals surface area contributed by atoms with E-state index in [1.165, 1.54) is 22.1 Å². The minimum Gasteiger partial charge on any atom is -0.380 e. The Morgan fingerprint density at radius 1 is 1.19 bits per heavy atom. The molecule has 1 aliphatic heterocycles. The first-order valence-electron chi connectivity index (χ1n) is 7.53. The molecule has 2 aromatic rings. The topological polar surface area (TPSA) is 42.0 Å². The summed E-state index contributed by atoms with van der Waals surface area (Å²) in [7, 11) is 0. The van der Waals surface area contributed by atoms with Gasteiger partial charge in [0.15, 0.2) is 5.78 Å². The molecule has 1 aromatic heterocycles. The predicted octanol–water partition coefficient (Wildman–Crippen LogP) is 3.72. The summed E-state index contributed by atoms with van der Waals surface area (Å²) in [4.78, 5) is 16.8. The van der Waals surface area contributed by atoms with E-state index in [4.69, 9.17) is 0 Å². The lowest BCUT2D eigenvalue weighted by atomic mass is 9.77. The smallest absolute Gasteiger partial charge is 0.161 e. The first-order valence-corrected chi connectivity index (χ1v) is 7.53. The zero-order chi connectivity index (χ0) is 14.6. The number of allylic oxidation sites excluding steroid dienone is 1. The molecule has 106 valence electrons. The molecule has 21 heavy (non-hydrogen) atoms. The van der Waals surface area contributed by atoms with E-state index in [1.807, 2.05) is 12.3 Å². The molecule has 4 rings (SSSR count). The summed E-state index contributed by atoms with van der Waals surface area (Å²) in [6, 6.07) is 6.21. The summed E-state index contributed by atoms with van der Waals surface area (Å²) in [6.45, 7) is 4.95. The number of Topliss-reactive ketones (excluding diaryl/α,β-unsaturated/α-hetero) is 1. The van der Waals surface area contributed by atoms with Crippen molar-refractivity contribution in [2.24, 2.45) is 5.92 Å². The van der Waals surface area contributed by atoms with Crippen LogP contribution in [0, 0.1) is 12.8 Å². The maximum absolute atomic E-state index is 12.4. The highest BCUT2D eigenvalue weighted by molar-refractivity contribution is 6.11. The number of rotatable bonds is 0. The Bertz CT molecular complexity index is 804. The van der Waals surface area contributed by atoms with Gasteiger partial charge in [0.1, 0.15) is 0 Å². The molecule has 1 aliphatic carbocycles. The lowest BCUT2D eigenvalue weighted by molar-refractivity contribution is -0.116. The molecule has 3 nitrogen and oxygen atoms in total. The molecule has 1 N–H and O–H groups in total. The van der Waals surface area contributed by atoms with Gasteiger partial charge in [0.25, 0.3) is 0 Å². The maximum Gasteiger partial charge on any atom is 0.161 e. The molecule has 2 heterocycles. The van der Waals surface area contributed by atoms with Gasteiger partial charge >= 0.3 is 0 Å². The van der Waals surface area contributed by atoms with Crippen LogP contribution in [0.4, 0.5) is 5.69 Å². The molecular formula is C18H18N2O. The number of ketones is 1. The number of nitrogens with zero attached hydrogens (tertiary/aromatic N) is 1. The van der Waals surface area contributed by atoms with Crippen LogP contribution in [0.5, 0.6) is 0 Å². The fourth-order valence-electron chi connectivity index (χ4n) is 3.67. The average molecular weight is 278 g/mol. The first kappa shape index (κ1) is 12.6. The highest BCUT2D eigenvalue weighted by Crippen LogP contribution is 2.43. The normalized spacial score (nSPS) is 21.0. The summed E-state index contributed by atoms with van der Waals surface area (Å²) < 4.78 is 0. The van der Waals surface area contributed by atoms with Crippen molar-refractivity contribution < 1.29 is 4.79 Å². The Kier molecular flexibility index (Phi) is 2.64. The zero-order valence-electron chi connectivity index (χ0n) is 12.4. The molecule has 0 saturated carbocycles. The van der Waals surface area contributed by atoms with Gasteiger partial charge < -0.3 is 5.32 Å². The monoisotopic (exact) mass is 278 g/mol. The number of aromatic nitrogens is 1. The molecule has 2 aliphatic rings. The Morgan fingerprint density at radius 3 is 2.90 bits per heavy atom. The average Bonchev–Trinajstić information content (AvgIpc) is 2.46. The van der Waals surface area contributed by atoms with E-state index in [0.29, 0.717) is 24.7 Å². The zero-order valence-corrected chi connectivity index (χ0v) is 12.4. The second kappa shape index (κ2) is 4.42. The fraction of sp³-hybridized carbons (Fsp3) is 0.333. The van der Waals surface area contributed by atoms with Crippen molar-refractivity contribution >= 4 is 27.9 Å². The van der Waals surface area contributed by atoms with Gasteiger partial charge in [0, 0.05) is 41.4 Å². The van der Waals surface area contributed by atoms with E-state index < -0.39 is 0 Å². The van der Waals surface area contributed by atoms with Crippen LogP contribution in [0.25, 0.3) is 16.5 Å². The van der Waals surface area contributed by atoms with E-state index in [2.05, 4.69) is 36.3 Å². The van der Waals surface area contributed by atoms with Crippen molar-refractivity contribution in [1.82, 2.24) is 4.98 Å². The maximum atomic E-state index is 12.4. The molecule has 0 bridgehead atoms. The SMILES string of the molecule is Cc1ccnc2ccc3c(c12)C1=C(CN3)C(=O)CC(C)C1. The Hall–Kier alpha value is -2.16. The summed E-state index contributed by atoms with van der Waals surface area (Å²) in [6.07, 6.45) is 3.52. The van der Waals surface area contributed by atoms with Crippen molar-refractivity contribution in [2.75, 3.05) is 11.9 Å². The van der Waals surface area contributed by atoms with Crippen LogP contribution in [0.15, 0.2) is 30.0 Å². The van der Waals surface area contributed by atoms with Crippen LogP contribution in [-0.4, -0.2) is 17.3 Å². The van der Waals surface area contributed by atoms with Crippen LogP contribution >= 0.6 is 0 Å². The van der Waals surface area contributed by atoms with Gasteiger partial charge in [-0.3, -0.25) is 9.78 Å². The lowest BCUT2D eigenvalue weighted by Gasteiger charge is -2.31. The number of nitrogens with one attached hydrogen (secondary N) is 1. The molecule has 0 amide bonds. The summed E-state index contributed by atoms with van der Waals surface area (Å²) in [5.41, 5.74) is 6.80. The van der Waals surface area contributed by atoms with Crippen LogP contribution in [0.2, 0.25) is 0 Å². The number of carbonyl (C=O) groups excluding carboxylic acids is 1. The van der Waals surface area contributed by atoms with Gasteiger partial charge in [0.05, 0.1) is 5.52 Å². The molecule has 1 atom stereocenters. The lowest BCUT2D eigenvalue weighted by Crippen LogP contribution is -2.26. The minimum absolute atomic E-state index is 0.306. The quantitative estimate of drug-likeness (QED) is 0.798. The molecule has 1 aromatic carbocycles. The number of hydrogen-bond acceptors (Lipinski definition) is 3. The number of anilines is 1. The first-order chi connectivity index (χ1) is 10.1. The van der Waals surface area contributed by atoms with Gasteiger partial charge in [-0.1, -0.05) is 6.92 Å². The Labute approximate surface area is 124 Å². The van der Waals surface area contributed by atoms with Crippen LogP contribution in [-0.2, 0) is 4.79 Å². The molecule has 3 heteroatoms. The predicted molar refractivity (Wildman–Crippen MR) is 85.3 cm³/mol. The van der Waals surface area contributed by atoms with Crippen molar-refractivity contribution in [3.8, 4) is 0 Å². The molecule has 1 unspecified atom stereocenters. The van der Waals surface area contributed by atoms with Gasteiger partial charge in [-0.25, -0.2) is 0 Å². The largest absolute Gasteiger partial charge is 0.380 e. The summed E-state index contributed by atoms with van der Waals surface area (Å²) >= 11 is 0. The molecule has 0 saturated heterocycles. The second-order valence-electron chi connectivity index (χ2n) is 6.26. The summed E-state index contributed by atoms with van der Waals surface area (Å²) in [5.74, 6) is 0.731. The van der Waals surface area contributed by atoms with Gasteiger partial charge in [-0.15, -0.1) is 0 Å². The molecular weight excluding hydrogens is 260 g/mol. The molecule has 0 spiro atoms. The van der Waals surface area contributed by atoms with Crippen molar-refractivity contribution in [2.45, 2.75) is 26.7 Å². The fourth-order valence-corrected chi connectivity index (χ4v) is 3.67. The van der Waals surface area contributed by atoms with Crippen molar-refractivity contribution in [3.05, 3.63) is 41.1 Å². The minimum atomic E-state index is 0.306. The van der Waals surface area contributed by atoms with E-state index >= 15 is 0 Å². The molecule has 0 fully saturated rings. The number of fused-ring (bicyclic) bond motifs is 4. The third-order valence-electron chi connectivity index (χ3n) is 4.66. The van der Waals surface area contributed by atoms with Gasteiger partial charge in [-0.05, 0) is 48.6 Å². The highest BCUT2D eigenvalue weighted by atomic mass is 16.1. The number of pyridine rings is 1. The standard InChI is InChI=1S/C18H18N2O/c1-10-7-12-13(16(21)8-10)9-20-15-4-3-14-17(18(12)15)11(2)5-6-19-14/h3-6,10,20H,7-9H2,1-2H3. The highest BCUT2D eigenvalue weighted by Gasteiger charge is 2.31. The third-order valence-corrected chi connectivity index (χ3v) is 4.66. The van der Waals surface area contributed by atoms with Crippen LogP contribution < -0.4 is 5.32 Å². The third kappa shape index (κ3) is 1.80. The number of aryl methyl sites for hydroxylation is 1. The van der Waals surface area contributed by atoms with E-state index in [0.717, 1.165) is 23.2 Å². The van der Waals surface area contributed by atoms with E-state index in [9.17, 15) is 4.79 Å². The van der Waals surface area contributed by atoms with E-state index in [-0.39, 0.29) is 0 Å². The summed E-state index contributed by atoms with van der Waals surface area (Å²) in [5, 5.41) is 4.61. The van der Waals surface area contributed by atoms with Crippen LogP contribution in [0.3, 0.4) is 0 Å². The van der Waals surface area contributed by atoms with E-state index in [1.54, 1.807) is 0 Å². The number of carbonyl (C=O) groups is 1. The van der Waals surface area contributed by atoms with Crippen molar-refractivity contribution in [3.63, 3.8) is 0 Å². The van der Waals surface area contributed by atoms with Gasteiger partial charge in [-0.2, -0.15) is 0 Å². The van der Waals surface area contributed by atoms with Crippen LogP contribution in [0.1, 0.15) is 30.9 Å². The Morgan fingerprint density at radius 2 is 2.05 bits per heavy atom. The number of hydrogen-bond donors (Lipinski definition) is 1. The second-order valence-corrected chi connectivity index (χ2v) is 6.26. The Balaban J connectivity index is 2.08. The number of benzene rings is 1. The van der Waals surface area contributed by atoms with Gasteiger partial charge in [0.2, 0.25) is 0 Å².